The quantitative estimate of drug-likeness (QED) is 0.493. The summed E-state index contributed by atoms with van der Waals surface area (Å²) in [4.78, 5) is 7.88. The highest BCUT2D eigenvalue weighted by Crippen LogP contribution is 2.35. The third-order valence-corrected chi connectivity index (χ3v) is 3.60. The molecule has 3 heterocycles. The van der Waals surface area contributed by atoms with E-state index in [1.807, 2.05) is 0 Å². The Morgan fingerprint density at radius 1 is 1.00 bits per heavy atom. The Morgan fingerprint density at radius 3 is 2.54 bits per heavy atom. The maximum absolute atomic E-state index is 13.9. The number of hydrogen-bond acceptors (Lipinski definition) is 3. The number of fused-ring (bicyclic) bond motifs is 3. The van der Waals surface area contributed by atoms with Crippen molar-refractivity contribution in [2.45, 2.75) is 6.18 Å². The van der Waals surface area contributed by atoms with E-state index >= 15 is 0 Å². The second kappa shape index (κ2) is 4.98. The highest BCUT2D eigenvalue weighted by molar-refractivity contribution is 5.86. The first-order valence-electron chi connectivity index (χ1n) is 6.92. The van der Waals surface area contributed by atoms with Crippen molar-refractivity contribution in [2.75, 3.05) is 0 Å². The molecule has 0 aliphatic carbocycles. The van der Waals surface area contributed by atoms with Gasteiger partial charge in [-0.25, -0.2) is 18.9 Å². The van der Waals surface area contributed by atoms with E-state index < -0.39 is 17.6 Å². The van der Waals surface area contributed by atoms with E-state index in [1.165, 1.54) is 41.0 Å². The number of alkyl halides is 3. The number of para-hydroxylation sites is 1. The van der Waals surface area contributed by atoms with Gasteiger partial charge in [0.15, 0.2) is 11.5 Å². The Balaban J connectivity index is 2.08. The van der Waals surface area contributed by atoms with Crippen LogP contribution < -0.4 is 0 Å². The molecule has 4 aromatic rings. The highest BCUT2D eigenvalue weighted by Gasteiger charge is 2.34. The van der Waals surface area contributed by atoms with Crippen molar-refractivity contribution in [3.63, 3.8) is 0 Å². The molecule has 0 fully saturated rings. The number of halogens is 4. The van der Waals surface area contributed by atoms with E-state index in [2.05, 4.69) is 15.1 Å². The molecule has 0 unspecified atom stereocenters. The molecule has 120 valence electrons. The molecule has 4 rings (SSSR count). The zero-order chi connectivity index (χ0) is 16.9. The second-order valence-electron chi connectivity index (χ2n) is 5.11. The van der Waals surface area contributed by atoms with E-state index in [4.69, 9.17) is 0 Å². The van der Waals surface area contributed by atoms with Gasteiger partial charge in [0.2, 0.25) is 5.82 Å². The molecule has 1 aromatic carbocycles. The molecule has 0 aliphatic rings. The largest absolute Gasteiger partial charge is 0.417 e. The Hall–Kier alpha value is -3.03. The van der Waals surface area contributed by atoms with Gasteiger partial charge in [-0.1, -0.05) is 18.2 Å². The lowest BCUT2D eigenvalue weighted by Gasteiger charge is -2.10. The molecule has 0 spiro atoms. The van der Waals surface area contributed by atoms with Crippen molar-refractivity contribution in [3.05, 3.63) is 60.0 Å². The summed E-state index contributed by atoms with van der Waals surface area (Å²) >= 11 is 0. The van der Waals surface area contributed by atoms with Crippen LogP contribution in [0.4, 0.5) is 17.6 Å². The van der Waals surface area contributed by atoms with Crippen LogP contribution in [0.3, 0.4) is 0 Å². The van der Waals surface area contributed by atoms with Gasteiger partial charge in [0.25, 0.3) is 0 Å². The average Bonchev–Trinajstić information content (AvgIpc) is 2.97. The summed E-state index contributed by atoms with van der Waals surface area (Å²) in [5.41, 5.74) is -0.719. The standard InChI is InChI=1S/C16H8F4N4/c17-11-5-3-7-21-14(11)15-22-13-8-10(16(18,19)20)9-4-1-2-6-12(9)24(13)23-15/h1-8H. The average molecular weight is 332 g/mol. The normalized spacial score (nSPS) is 12.2. The summed E-state index contributed by atoms with van der Waals surface area (Å²) in [5.74, 6) is -0.716. The molecular weight excluding hydrogens is 324 g/mol. The van der Waals surface area contributed by atoms with Crippen LogP contribution in [0.5, 0.6) is 0 Å². The fourth-order valence-corrected chi connectivity index (χ4v) is 2.57. The van der Waals surface area contributed by atoms with Crippen LogP contribution in [0.2, 0.25) is 0 Å². The molecule has 24 heavy (non-hydrogen) atoms. The van der Waals surface area contributed by atoms with Gasteiger partial charge in [0.05, 0.1) is 11.1 Å². The number of rotatable bonds is 1. The number of pyridine rings is 2. The SMILES string of the molecule is Fc1cccnc1-c1nc2cc(C(F)(F)F)c3ccccc3n2n1. The Labute approximate surface area is 132 Å². The van der Waals surface area contributed by atoms with Gasteiger partial charge in [0.1, 0.15) is 5.69 Å². The van der Waals surface area contributed by atoms with Crippen LogP contribution in [0.15, 0.2) is 48.7 Å². The molecule has 4 nitrogen and oxygen atoms in total. The van der Waals surface area contributed by atoms with Crippen molar-refractivity contribution < 1.29 is 17.6 Å². The number of nitrogens with zero attached hydrogens (tertiary/aromatic N) is 4. The first-order valence-corrected chi connectivity index (χ1v) is 6.92. The first-order chi connectivity index (χ1) is 11.4. The Morgan fingerprint density at radius 2 is 1.79 bits per heavy atom. The van der Waals surface area contributed by atoms with Crippen LogP contribution in [0.1, 0.15) is 5.56 Å². The summed E-state index contributed by atoms with van der Waals surface area (Å²) in [6.45, 7) is 0. The number of hydrogen-bond donors (Lipinski definition) is 0. The van der Waals surface area contributed by atoms with Gasteiger partial charge in [-0.2, -0.15) is 13.2 Å². The molecule has 0 saturated heterocycles. The lowest BCUT2D eigenvalue weighted by atomic mass is 10.1. The van der Waals surface area contributed by atoms with Crippen molar-refractivity contribution >= 4 is 16.6 Å². The van der Waals surface area contributed by atoms with E-state index in [0.29, 0.717) is 0 Å². The van der Waals surface area contributed by atoms with Crippen LogP contribution in [-0.4, -0.2) is 19.6 Å². The summed E-state index contributed by atoms with van der Waals surface area (Å²) in [5, 5.41) is 4.13. The smallest absolute Gasteiger partial charge is 0.250 e. The molecule has 0 bridgehead atoms. The van der Waals surface area contributed by atoms with E-state index in [9.17, 15) is 17.6 Å². The van der Waals surface area contributed by atoms with Crippen molar-refractivity contribution in [1.29, 1.82) is 0 Å². The maximum atomic E-state index is 13.9. The van der Waals surface area contributed by atoms with Crippen molar-refractivity contribution in [1.82, 2.24) is 19.6 Å². The van der Waals surface area contributed by atoms with Gasteiger partial charge in [-0.15, -0.1) is 5.10 Å². The van der Waals surface area contributed by atoms with Crippen LogP contribution >= 0.6 is 0 Å². The molecule has 0 saturated carbocycles. The fourth-order valence-electron chi connectivity index (χ4n) is 2.57. The van der Waals surface area contributed by atoms with E-state index in [-0.39, 0.29) is 28.1 Å². The van der Waals surface area contributed by atoms with E-state index in [1.54, 1.807) is 6.07 Å². The molecule has 0 N–H and O–H groups in total. The van der Waals surface area contributed by atoms with Crippen LogP contribution in [-0.2, 0) is 6.18 Å². The zero-order valence-electron chi connectivity index (χ0n) is 11.9. The third-order valence-electron chi connectivity index (χ3n) is 3.60. The maximum Gasteiger partial charge on any atom is 0.417 e. The van der Waals surface area contributed by atoms with Gasteiger partial charge in [-0.3, -0.25) is 0 Å². The predicted octanol–water partition coefficient (Wildman–Crippen LogP) is 4.10. The Kier molecular flexibility index (Phi) is 3.02. The van der Waals surface area contributed by atoms with Crippen molar-refractivity contribution in [3.8, 4) is 11.5 Å². The minimum Gasteiger partial charge on any atom is -0.250 e. The predicted molar refractivity (Wildman–Crippen MR) is 78.7 cm³/mol. The van der Waals surface area contributed by atoms with Gasteiger partial charge < -0.3 is 0 Å². The van der Waals surface area contributed by atoms with Gasteiger partial charge >= 0.3 is 6.18 Å². The number of benzene rings is 1. The second-order valence-corrected chi connectivity index (χ2v) is 5.11. The lowest BCUT2D eigenvalue weighted by molar-refractivity contribution is -0.136. The highest BCUT2D eigenvalue weighted by atomic mass is 19.4. The third kappa shape index (κ3) is 2.18. The molecule has 0 radical (unpaired) electrons. The summed E-state index contributed by atoms with van der Waals surface area (Å²) in [7, 11) is 0. The lowest BCUT2D eigenvalue weighted by Crippen LogP contribution is -2.07. The topological polar surface area (TPSA) is 43.1 Å². The molecule has 0 amide bonds. The first kappa shape index (κ1) is 14.6. The number of aromatic nitrogens is 4. The van der Waals surface area contributed by atoms with Gasteiger partial charge in [-0.05, 0) is 24.3 Å². The molecule has 8 heteroatoms. The molecular formula is C16H8F4N4. The molecule has 0 aliphatic heterocycles. The monoisotopic (exact) mass is 332 g/mol. The zero-order valence-corrected chi connectivity index (χ0v) is 11.9. The summed E-state index contributed by atoms with van der Waals surface area (Å²) in [6, 6.07) is 9.48. The van der Waals surface area contributed by atoms with Gasteiger partial charge in [0, 0.05) is 11.6 Å². The molecule has 3 aromatic heterocycles. The minimum atomic E-state index is -4.54. The Bertz CT molecular complexity index is 1070. The minimum absolute atomic E-state index is 0.00422. The summed E-state index contributed by atoms with van der Waals surface area (Å²) < 4.78 is 55.0. The van der Waals surface area contributed by atoms with Crippen molar-refractivity contribution in [2.24, 2.45) is 0 Å². The van der Waals surface area contributed by atoms with Crippen LogP contribution in [0, 0.1) is 5.82 Å². The van der Waals surface area contributed by atoms with E-state index in [0.717, 1.165) is 6.07 Å². The van der Waals surface area contributed by atoms with Crippen LogP contribution in [0.25, 0.3) is 28.1 Å². The summed E-state index contributed by atoms with van der Waals surface area (Å²) in [6.07, 6.45) is -3.17. The fraction of sp³-hybridized carbons (Fsp3) is 0.0625. The molecule has 0 atom stereocenters.